The molecule has 2 rings (SSSR count). The maximum absolute atomic E-state index is 5.98. The summed E-state index contributed by atoms with van der Waals surface area (Å²) in [6.07, 6.45) is 2.43. The average molecular weight is 269 g/mol. The lowest BCUT2D eigenvalue weighted by atomic mass is 10.0. The van der Waals surface area contributed by atoms with Crippen LogP contribution in [-0.4, -0.2) is 38.2 Å². The maximum Gasteiger partial charge on any atom is 0.124 e. The number of hydrogen-bond donors (Lipinski definition) is 1. The first kappa shape index (κ1) is 13.7. The lowest BCUT2D eigenvalue weighted by Gasteiger charge is -2.32. The zero-order valence-electron chi connectivity index (χ0n) is 11.1. The van der Waals surface area contributed by atoms with Crippen molar-refractivity contribution in [1.82, 2.24) is 10.2 Å². The quantitative estimate of drug-likeness (QED) is 0.908. The molecule has 100 valence electrons. The summed E-state index contributed by atoms with van der Waals surface area (Å²) in [7, 11) is 3.88. The Hall–Kier alpha value is -0.770. The zero-order valence-corrected chi connectivity index (χ0v) is 11.8. The van der Waals surface area contributed by atoms with Gasteiger partial charge in [-0.1, -0.05) is 17.7 Å². The minimum absolute atomic E-state index is 0.659. The van der Waals surface area contributed by atoms with Crippen LogP contribution in [0.15, 0.2) is 18.2 Å². The SMILES string of the molecule is COc1cc(Cl)ccc1CN(C)C1CCNCC1. The highest BCUT2D eigenvalue weighted by Crippen LogP contribution is 2.25. The van der Waals surface area contributed by atoms with Gasteiger partial charge < -0.3 is 10.1 Å². The molecule has 1 fully saturated rings. The molecule has 0 aromatic heterocycles. The second kappa shape index (κ2) is 6.41. The molecule has 1 aromatic carbocycles. The van der Waals surface area contributed by atoms with Gasteiger partial charge in [0.2, 0.25) is 0 Å². The number of ether oxygens (including phenoxy) is 1. The van der Waals surface area contributed by atoms with E-state index in [1.165, 1.54) is 18.4 Å². The van der Waals surface area contributed by atoms with Gasteiger partial charge in [-0.3, -0.25) is 4.90 Å². The van der Waals surface area contributed by atoms with E-state index < -0.39 is 0 Å². The Morgan fingerprint density at radius 1 is 1.39 bits per heavy atom. The first-order chi connectivity index (χ1) is 8.70. The maximum atomic E-state index is 5.98. The van der Waals surface area contributed by atoms with E-state index in [1.807, 2.05) is 12.1 Å². The van der Waals surface area contributed by atoms with E-state index in [0.717, 1.165) is 30.4 Å². The molecule has 1 aromatic rings. The molecule has 1 aliphatic heterocycles. The molecule has 18 heavy (non-hydrogen) atoms. The van der Waals surface area contributed by atoms with Crippen molar-refractivity contribution < 1.29 is 4.74 Å². The van der Waals surface area contributed by atoms with Crippen LogP contribution >= 0.6 is 11.6 Å². The number of rotatable bonds is 4. The molecule has 1 heterocycles. The van der Waals surface area contributed by atoms with Crippen molar-refractivity contribution in [3.8, 4) is 5.75 Å². The fourth-order valence-corrected chi connectivity index (χ4v) is 2.66. The second-order valence-electron chi connectivity index (χ2n) is 4.85. The summed E-state index contributed by atoms with van der Waals surface area (Å²) in [5, 5.41) is 4.12. The molecule has 3 nitrogen and oxygen atoms in total. The Kier molecular flexibility index (Phi) is 4.87. The smallest absolute Gasteiger partial charge is 0.124 e. The number of piperidine rings is 1. The Balaban J connectivity index is 2.03. The zero-order chi connectivity index (χ0) is 13.0. The normalized spacial score (nSPS) is 17.1. The van der Waals surface area contributed by atoms with E-state index in [1.54, 1.807) is 7.11 Å². The number of halogens is 1. The number of nitrogens with zero attached hydrogens (tertiary/aromatic N) is 1. The Bertz CT molecular complexity index is 391. The monoisotopic (exact) mass is 268 g/mol. The van der Waals surface area contributed by atoms with Gasteiger partial charge in [-0.25, -0.2) is 0 Å². The summed E-state index contributed by atoms with van der Waals surface area (Å²) >= 11 is 5.98. The Morgan fingerprint density at radius 3 is 2.78 bits per heavy atom. The number of nitrogens with one attached hydrogen (secondary N) is 1. The van der Waals surface area contributed by atoms with Gasteiger partial charge in [0.1, 0.15) is 5.75 Å². The minimum atomic E-state index is 0.659. The summed E-state index contributed by atoms with van der Waals surface area (Å²) < 4.78 is 5.39. The average Bonchev–Trinajstić information content (AvgIpc) is 2.41. The summed E-state index contributed by atoms with van der Waals surface area (Å²) in [4.78, 5) is 2.41. The van der Waals surface area contributed by atoms with E-state index in [0.29, 0.717) is 6.04 Å². The summed E-state index contributed by atoms with van der Waals surface area (Å²) in [5.41, 5.74) is 1.20. The van der Waals surface area contributed by atoms with Crippen LogP contribution in [0.25, 0.3) is 0 Å². The predicted molar refractivity (Wildman–Crippen MR) is 75.4 cm³/mol. The van der Waals surface area contributed by atoms with Crippen LogP contribution in [-0.2, 0) is 6.54 Å². The Labute approximate surface area is 114 Å². The van der Waals surface area contributed by atoms with Gasteiger partial charge in [-0.15, -0.1) is 0 Å². The van der Waals surface area contributed by atoms with Gasteiger partial charge in [-0.05, 0) is 45.1 Å². The fraction of sp³-hybridized carbons (Fsp3) is 0.571. The third-order valence-corrected chi connectivity index (χ3v) is 3.84. The van der Waals surface area contributed by atoms with Crippen LogP contribution < -0.4 is 10.1 Å². The van der Waals surface area contributed by atoms with Crippen molar-refractivity contribution in [1.29, 1.82) is 0 Å². The lowest BCUT2D eigenvalue weighted by Crippen LogP contribution is -2.40. The third-order valence-electron chi connectivity index (χ3n) is 3.60. The van der Waals surface area contributed by atoms with Crippen molar-refractivity contribution in [2.24, 2.45) is 0 Å². The largest absolute Gasteiger partial charge is 0.496 e. The molecule has 1 aliphatic rings. The molecular weight excluding hydrogens is 248 g/mol. The molecule has 1 saturated heterocycles. The summed E-state index contributed by atoms with van der Waals surface area (Å²) in [6.45, 7) is 3.14. The Morgan fingerprint density at radius 2 is 2.11 bits per heavy atom. The van der Waals surface area contributed by atoms with Gasteiger partial charge >= 0.3 is 0 Å². The van der Waals surface area contributed by atoms with Crippen molar-refractivity contribution in [2.75, 3.05) is 27.2 Å². The van der Waals surface area contributed by atoms with Crippen molar-refractivity contribution in [2.45, 2.75) is 25.4 Å². The van der Waals surface area contributed by atoms with E-state index in [4.69, 9.17) is 16.3 Å². The first-order valence-electron chi connectivity index (χ1n) is 6.44. The second-order valence-corrected chi connectivity index (χ2v) is 5.29. The molecule has 0 radical (unpaired) electrons. The van der Waals surface area contributed by atoms with Crippen LogP contribution in [0.1, 0.15) is 18.4 Å². The van der Waals surface area contributed by atoms with Crippen LogP contribution in [0.4, 0.5) is 0 Å². The van der Waals surface area contributed by atoms with E-state index in [9.17, 15) is 0 Å². The molecule has 0 aliphatic carbocycles. The van der Waals surface area contributed by atoms with Gasteiger partial charge in [0, 0.05) is 23.2 Å². The fourth-order valence-electron chi connectivity index (χ4n) is 2.49. The third kappa shape index (κ3) is 3.37. The highest BCUT2D eigenvalue weighted by Gasteiger charge is 2.18. The molecule has 0 atom stereocenters. The molecule has 0 unspecified atom stereocenters. The first-order valence-corrected chi connectivity index (χ1v) is 6.82. The van der Waals surface area contributed by atoms with Crippen molar-refractivity contribution >= 4 is 11.6 Å². The number of methoxy groups -OCH3 is 1. The molecule has 4 heteroatoms. The molecule has 0 amide bonds. The summed E-state index contributed by atoms with van der Waals surface area (Å²) in [6, 6.07) is 6.52. The van der Waals surface area contributed by atoms with Gasteiger partial charge in [0.25, 0.3) is 0 Å². The van der Waals surface area contributed by atoms with Crippen molar-refractivity contribution in [3.63, 3.8) is 0 Å². The molecule has 0 bridgehead atoms. The van der Waals surface area contributed by atoms with E-state index >= 15 is 0 Å². The van der Waals surface area contributed by atoms with Crippen LogP contribution in [0.2, 0.25) is 5.02 Å². The summed E-state index contributed by atoms with van der Waals surface area (Å²) in [5.74, 6) is 0.878. The minimum Gasteiger partial charge on any atom is -0.496 e. The van der Waals surface area contributed by atoms with Gasteiger partial charge in [0.15, 0.2) is 0 Å². The topological polar surface area (TPSA) is 24.5 Å². The number of hydrogen-bond acceptors (Lipinski definition) is 3. The van der Waals surface area contributed by atoms with Crippen LogP contribution in [0.5, 0.6) is 5.75 Å². The van der Waals surface area contributed by atoms with Crippen molar-refractivity contribution in [3.05, 3.63) is 28.8 Å². The molecule has 0 spiro atoms. The van der Waals surface area contributed by atoms with E-state index in [-0.39, 0.29) is 0 Å². The standard InChI is InChI=1S/C14H21ClN2O/c1-17(13-5-7-16-8-6-13)10-11-3-4-12(15)9-14(11)18-2/h3-4,9,13,16H,5-8,10H2,1-2H3. The molecular formula is C14H21ClN2O. The molecule has 1 N–H and O–H groups in total. The van der Waals surface area contributed by atoms with E-state index in [2.05, 4.69) is 23.3 Å². The molecule has 0 saturated carbocycles. The predicted octanol–water partition coefficient (Wildman–Crippen LogP) is 2.53. The van der Waals surface area contributed by atoms with Gasteiger partial charge in [-0.2, -0.15) is 0 Å². The highest BCUT2D eigenvalue weighted by atomic mass is 35.5. The van der Waals surface area contributed by atoms with Crippen LogP contribution in [0, 0.1) is 0 Å². The number of benzene rings is 1. The highest BCUT2D eigenvalue weighted by molar-refractivity contribution is 6.30. The van der Waals surface area contributed by atoms with Gasteiger partial charge in [0.05, 0.1) is 7.11 Å². The van der Waals surface area contributed by atoms with Crippen LogP contribution in [0.3, 0.4) is 0 Å². The lowest BCUT2D eigenvalue weighted by molar-refractivity contribution is 0.190.